The lowest BCUT2D eigenvalue weighted by Gasteiger charge is -2.39. The van der Waals surface area contributed by atoms with E-state index in [1.165, 1.54) is 0 Å². The Kier molecular flexibility index (Phi) is 9.28. The van der Waals surface area contributed by atoms with Crippen LogP contribution >= 0.6 is 0 Å². The fraction of sp³-hybridized carbons (Fsp3) is 0.636. The lowest BCUT2D eigenvalue weighted by Crippen LogP contribution is -2.47. The van der Waals surface area contributed by atoms with Crippen LogP contribution in [0.25, 0.3) is 0 Å². The molecule has 0 spiro atoms. The number of nitrogens with zero attached hydrogens (tertiary/aromatic N) is 2. The average molecular weight is 390 g/mol. The van der Waals surface area contributed by atoms with Crippen molar-refractivity contribution in [2.75, 3.05) is 44.6 Å². The van der Waals surface area contributed by atoms with Crippen LogP contribution < -0.4 is 5.32 Å². The highest BCUT2D eigenvalue weighted by Gasteiger charge is 2.33. The van der Waals surface area contributed by atoms with Crippen LogP contribution in [0.4, 0.5) is 10.5 Å². The summed E-state index contributed by atoms with van der Waals surface area (Å²) in [7, 11) is 0. The molecule has 2 rings (SSSR count). The summed E-state index contributed by atoms with van der Waals surface area (Å²) >= 11 is 0. The number of carbonyl (C=O) groups is 2. The predicted molar refractivity (Wildman–Crippen MR) is 112 cm³/mol. The van der Waals surface area contributed by atoms with E-state index in [9.17, 15) is 9.59 Å². The topological polar surface area (TPSA) is 61.9 Å². The Balaban J connectivity index is 1.99. The number of likely N-dealkylation sites (tertiary alicyclic amines) is 1. The molecule has 0 saturated carbocycles. The van der Waals surface area contributed by atoms with E-state index in [1.54, 1.807) is 0 Å². The van der Waals surface area contributed by atoms with Crippen molar-refractivity contribution in [3.63, 3.8) is 0 Å². The maximum atomic E-state index is 12.7. The Morgan fingerprint density at radius 2 is 1.86 bits per heavy atom. The molecule has 1 aromatic carbocycles. The van der Waals surface area contributed by atoms with E-state index in [4.69, 9.17) is 4.74 Å². The molecule has 6 heteroatoms. The largest absolute Gasteiger partial charge is 0.466 e. The summed E-state index contributed by atoms with van der Waals surface area (Å²) < 4.78 is 5.17. The van der Waals surface area contributed by atoms with Crippen molar-refractivity contribution in [1.82, 2.24) is 9.80 Å². The highest BCUT2D eigenvalue weighted by molar-refractivity contribution is 5.89. The molecule has 1 aliphatic rings. The van der Waals surface area contributed by atoms with Gasteiger partial charge in [-0.1, -0.05) is 32.0 Å². The Hall–Kier alpha value is -2.08. The Bertz CT molecular complexity index is 604. The smallest absolute Gasteiger partial charge is 0.321 e. The zero-order valence-electron chi connectivity index (χ0n) is 17.5. The molecule has 0 radical (unpaired) electrons. The van der Waals surface area contributed by atoms with Crippen molar-refractivity contribution in [2.24, 2.45) is 11.8 Å². The number of hydrogen-bond donors (Lipinski definition) is 1. The van der Waals surface area contributed by atoms with Crippen LogP contribution in [0.5, 0.6) is 0 Å². The third kappa shape index (κ3) is 6.82. The SMILES string of the molecule is CCOC(=O)C[C@@H]1CCN(C(=O)Nc2ccccc2)C[C@@H]1CCN(CC)CC. The van der Waals surface area contributed by atoms with Crippen LogP contribution in [0.15, 0.2) is 30.3 Å². The quantitative estimate of drug-likeness (QED) is 0.652. The molecule has 1 heterocycles. The van der Waals surface area contributed by atoms with Gasteiger partial charge in [-0.2, -0.15) is 0 Å². The summed E-state index contributed by atoms with van der Waals surface area (Å²) in [6.07, 6.45) is 2.27. The van der Waals surface area contributed by atoms with Gasteiger partial charge in [-0.05, 0) is 63.4 Å². The third-order valence-corrected chi connectivity index (χ3v) is 5.65. The molecule has 1 fully saturated rings. The molecular weight excluding hydrogens is 354 g/mol. The van der Waals surface area contributed by atoms with Gasteiger partial charge in [0.1, 0.15) is 0 Å². The summed E-state index contributed by atoms with van der Waals surface area (Å²) in [5.41, 5.74) is 0.806. The molecule has 1 saturated heterocycles. The summed E-state index contributed by atoms with van der Waals surface area (Å²) in [4.78, 5) is 29.0. The van der Waals surface area contributed by atoms with Crippen LogP contribution in [0.1, 0.15) is 40.0 Å². The second kappa shape index (κ2) is 11.7. The second-order valence-corrected chi connectivity index (χ2v) is 7.38. The minimum Gasteiger partial charge on any atom is -0.466 e. The standard InChI is InChI=1S/C22H35N3O3/c1-4-24(5-2)14-12-19-17-25(15-13-18(19)16-21(26)28-6-3)22(27)23-20-10-8-7-9-11-20/h7-11,18-19H,4-6,12-17H2,1-3H3,(H,23,27)/t18-,19-/m0/s1. The fourth-order valence-electron chi connectivity index (χ4n) is 3.91. The van der Waals surface area contributed by atoms with E-state index in [1.807, 2.05) is 42.2 Å². The molecule has 0 unspecified atom stereocenters. The molecule has 156 valence electrons. The van der Waals surface area contributed by atoms with E-state index < -0.39 is 0 Å². The number of esters is 1. The van der Waals surface area contributed by atoms with Gasteiger partial charge in [0, 0.05) is 25.2 Å². The first-order chi connectivity index (χ1) is 13.6. The number of rotatable bonds is 9. The molecule has 28 heavy (non-hydrogen) atoms. The van der Waals surface area contributed by atoms with E-state index >= 15 is 0 Å². The number of nitrogens with one attached hydrogen (secondary N) is 1. The van der Waals surface area contributed by atoms with Gasteiger partial charge in [-0.25, -0.2) is 4.79 Å². The highest BCUT2D eigenvalue weighted by atomic mass is 16.5. The number of anilines is 1. The van der Waals surface area contributed by atoms with Crippen LogP contribution in [0.3, 0.4) is 0 Å². The Labute approximate surface area is 169 Å². The van der Waals surface area contributed by atoms with Gasteiger partial charge in [0.15, 0.2) is 0 Å². The summed E-state index contributed by atoms with van der Waals surface area (Å²) in [5, 5.41) is 2.98. The molecule has 2 amide bonds. The first-order valence-electron chi connectivity index (χ1n) is 10.6. The molecule has 0 aliphatic carbocycles. The van der Waals surface area contributed by atoms with Gasteiger partial charge in [-0.3, -0.25) is 4.79 Å². The van der Waals surface area contributed by atoms with Crippen LogP contribution in [0.2, 0.25) is 0 Å². The van der Waals surface area contributed by atoms with E-state index in [2.05, 4.69) is 24.1 Å². The molecule has 0 bridgehead atoms. The molecule has 0 aromatic heterocycles. The van der Waals surface area contributed by atoms with E-state index in [0.717, 1.165) is 38.2 Å². The number of piperidine rings is 1. The van der Waals surface area contributed by atoms with Crippen molar-refractivity contribution >= 4 is 17.7 Å². The van der Waals surface area contributed by atoms with Crippen LogP contribution in [-0.4, -0.2) is 61.1 Å². The average Bonchev–Trinajstić information content (AvgIpc) is 2.70. The molecule has 1 aliphatic heterocycles. The van der Waals surface area contributed by atoms with Crippen molar-refractivity contribution in [1.29, 1.82) is 0 Å². The highest BCUT2D eigenvalue weighted by Crippen LogP contribution is 2.30. The molecule has 1 N–H and O–H groups in total. The molecule has 6 nitrogen and oxygen atoms in total. The monoisotopic (exact) mass is 389 g/mol. The summed E-state index contributed by atoms with van der Waals surface area (Å²) in [5.74, 6) is 0.457. The number of urea groups is 1. The van der Waals surface area contributed by atoms with Gasteiger partial charge in [0.2, 0.25) is 0 Å². The first-order valence-corrected chi connectivity index (χ1v) is 10.6. The van der Waals surface area contributed by atoms with E-state index in [0.29, 0.717) is 32.0 Å². The maximum Gasteiger partial charge on any atom is 0.321 e. The number of ether oxygens (including phenoxy) is 1. The molecule has 1 aromatic rings. The van der Waals surface area contributed by atoms with Gasteiger partial charge >= 0.3 is 12.0 Å². The number of para-hydroxylation sites is 1. The maximum absolute atomic E-state index is 12.7. The predicted octanol–water partition coefficient (Wildman–Crippen LogP) is 3.84. The first kappa shape index (κ1) is 22.2. The van der Waals surface area contributed by atoms with Gasteiger partial charge in [-0.15, -0.1) is 0 Å². The van der Waals surface area contributed by atoms with Gasteiger partial charge in [0.05, 0.1) is 6.61 Å². The number of benzene rings is 1. The fourth-order valence-corrected chi connectivity index (χ4v) is 3.91. The normalized spacial score (nSPS) is 19.5. The van der Waals surface area contributed by atoms with E-state index in [-0.39, 0.29) is 17.9 Å². The minimum atomic E-state index is -0.123. The van der Waals surface area contributed by atoms with Crippen molar-refractivity contribution in [2.45, 2.75) is 40.0 Å². The lowest BCUT2D eigenvalue weighted by molar-refractivity contribution is -0.145. The lowest BCUT2D eigenvalue weighted by atomic mass is 9.81. The molecular formula is C22H35N3O3. The third-order valence-electron chi connectivity index (χ3n) is 5.65. The van der Waals surface area contributed by atoms with Crippen molar-refractivity contribution in [3.05, 3.63) is 30.3 Å². The Morgan fingerprint density at radius 1 is 1.14 bits per heavy atom. The number of hydrogen-bond acceptors (Lipinski definition) is 4. The van der Waals surface area contributed by atoms with Gasteiger partial charge in [0.25, 0.3) is 0 Å². The zero-order chi connectivity index (χ0) is 20.4. The number of amides is 2. The summed E-state index contributed by atoms with van der Waals surface area (Å²) in [6.45, 7) is 11.0. The second-order valence-electron chi connectivity index (χ2n) is 7.38. The minimum absolute atomic E-state index is 0.0615. The van der Waals surface area contributed by atoms with Crippen molar-refractivity contribution < 1.29 is 14.3 Å². The van der Waals surface area contributed by atoms with Gasteiger partial charge < -0.3 is 19.9 Å². The Morgan fingerprint density at radius 3 is 2.50 bits per heavy atom. The van der Waals surface area contributed by atoms with Crippen LogP contribution in [-0.2, 0) is 9.53 Å². The van der Waals surface area contributed by atoms with Crippen LogP contribution in [0, 0.1) is 11.8 Å². The zero-order valence-corrected chi connectivity index (χ0v) is 17.5. The van der Waals surface area contributed by atoms with Crippen molar-refractivity contribution in [3.8, 4) is 0 Å². The summed E-state index contributed by atoms with van der Waals surface area (Å²) in [6, 6.07) is 9.47. The molecule has 2 atom stereocenters. The number of carbonyl (C=O) groups excluding carboxylic acids is 2.